The second-order valence-electron chi connectivity index (χ2n) is 3.71. The number of carbonyl (C=O) groups is 2. The van der Waals surface area contributed by atoms with Gasteiger partial charge in [0, 0.05) is 12.6 Å². The molecule has 5 nitrogen and oxygen atoms in total. The van der Waals surface area contributed by atoms with Crippen molar-refractivity contribution in [2.75, 3.05) is 6.61 Å². The second-order valence-corrected chi connectivity index (χ2v) is 3.71. The standard InChI is InChI=1S/C10H17NO4/c1-2-7(6-9(12)13)11-10(14)8-4-3-5-15-8/h7-8H,2-6H2,1H3,(H,11,14)(H,12,13)/t7?,8-/m1/s1. The number of carboxylic acids is 1. The van der Waals surface area contributed by atoms with E-state index in [1.165, 1.54) is 0 Å². The van der Waals surface area contributed by atoms with Crippen LogP contribution in [0.25, 0.3) is 0 Å². The molecule has 0 aromatic heterocycles. The van der Waals surface area contributed by atoms with Crippen molar-refractivity contribution in [3.63, 3.8) is 0 Å². The zero-order valence-corrected chi connectivity index (χ0v) is 8.86. The Hall–Kier alpha value is -1.10. The summed E-state index contributed by atoms with van der Waals surface area (Å²) in [7, 11) is 0. The van der Waals surface area contributed by atoms with E-state index in [4.69, 9.17) is 9.84 Å². The van der Waals surface area contributed by atoms with Crippen molar-refractivity contribution in [1.29, 1.82) is 0 Å². The van der Waals surface area contributed by atoms with Gasteiger partial charge in [0.25, 0.3) is 0 Å². The van der Waals surface area contributed by atoms with E-state index in [1.54, 1.807) is 0 Å². The van der Waals surface area contributed by atoms with Crippen molar-refractivity contribution in [2.45, 2.75) is 44.8 Å². The number of nitrogens with one attached hydrogen (secondary N) is 1. The van der Waals surface area contributed by atoms with E-state index < -0.39 is 5.97 Å². The molecular formula is C10H17NO4. The molecule has 0 aromatic carbocycles. The summed E-state index contributed by atoms with van der Waals surface area (Å²) < 4.78 is 5.21. The summed E-state index contributed by atoms with van der Waals surface area (Å²) in [4.78, 5) is 22.1. The quantitative estimate of drug-likeness (QED) is 0.701. The first-order valence-corrected chi connectivity index (χ1v) is 5.27. The number of aliphatic carboxylic acids is 1. The molecule has 0 aromatic rings. The largest absolute Gasteiger partial charge is 0.481 e. The lowest BCUT2D eigenvalue weighted by atomic mass is 10.1. The molecular weight excluding hydrogens is 198 g/mol. The van der Waals surface area contributed by atoms with Crippen LogP contribution in [-0.2, 0) is 14.3 Å². The molecule has 0 aliphatic carbocycles. The Kier molecular flexibility index (Phi) is 4.55. The van der Waals surface area contributed by atoms with Crippen LogP contribution < -0.4 is 5.32 Å². The topological polar surface area (TPSA) is 75.6 Å². The number of rotatable bonds is 5. The summed E-state index contributed by atoms with van der Waals surface area (Å²) >= 11 is 0. The van der Waals surface area contributed by atoms with Crippen LogP contribution in [0.4, 0.5) is 0 Å². The Morgan fingerprint density at radius 1 is 1.60 bits per heavy atom. The number of hydrogen-bond donors (Lipinski definition) is 2. The zero-order valence-electron chi connectivity index (χ0n) is 8.86. The van der Waals surface area contributed by atoms with Crippen LogP contribution in [0.15, 0.2) is 0 Å². The molecule has 1 unspecified atom stereocenters. The number of hydrogen-bond acceptors (Lipinski definition) is 3. The van der Waals surface area contributed by atoms with E-state index in [-0.39, 0.29) is 24.5 Å². The first-order chi connectivity index (χ1) is 7.13. The third-order valence-electron chi connectivity index (χ3n) is 2.48. The van der Waals surface area contributed by atoms with E-state index >= 15 is 0 Å². The molecule has 86 valence electrons. The third kappa shape index (κ3) is 3.87. The molecule has 1 fully saturated rings. The van der Waals surface area contributed by atoms with Crippen molar-refractivity contribution >= 4 is 11.9 Å². The highest BCUT2D eigenvalue weighted by atomic mass is 16.5. The molecule has 5 heteroatoms. The van der Waals surface area contributed by atoms with Crippen molar-refractivity contribution in [1.82, 2.24) is 5.32 Å². The molecule has 1 heterocycles. The van der Waals surface area contributed by atoms with Gasteiger partial charge in [-0.05, 0) is 19.3 Å². The normalized spacial score (nSPS) is 22.3. The average Bonchev–Trinajstić information content (AvgIpc) is 2.68. The van der Waals surface area contributed by atoms with Gasteiger partial charge in [-0.3, -0.25) is 9.59 Å². The van der Waals surface area contributed by atoms with Gasteiger partial charge in [-0.15, -0.1) is 0 Å². The fourth-order valence-corrected chi connectivity index (χ4v) is 1.59. The van der Waals surface area contributed by atoms with Crippen LogP contribution in [0.2, 0.25) is 0 Å². The van der Waals surface area contributed by atoms with Gasteiger partial charge >= 0.3 is 5.97 Å². The van der Waals surface area contributed by atoms with Crippen molar-refractivity contribution in [2.24, 2.45) is 0 Å². The van der Waals surface area contributed by atoms with Gasteiger partial charge in [-0.25, -0.2) is 0 Å². The molecule has 1 amide bonds. The summed E-state index contributed by atoms with van der Waals surface area (Å²) in [6, 6.07) is -0.292. The number of ether oxygens (including phenoxy) is 1. The predicted molar refractivity (Wildman–Crippen MR) is 53.4 cm³/mol. The van der Waals surface area contributed by atoms with Crippen LogP contribution >= 0.6 is 0 Å². The molecule has 0 spiro atoms. The zero-order chi connectivity index (χ0) is 11.3. The Bertz CT molecular complexity index is 236. The number of carboxylic acid groups (broad SMARTS) is 1. The van der Waals surface area contributed by atoms with Crippen molar-refractivity contribution in [3.05, 3.63) is 0 Å². The highest BCUT2D eigenvalue weighted by Crippen LogP contribution is 2.12. The van der Waals surface area contributed by atoms with Gasteiger partial charge in [0.2, 0.25) is 5.91 Å². The van der Waals surface area contributed by atoms with E-state index in [9.17, 15) is 9.59 Å². The maximum atomic E-state index is 11.6. The summed E-state index contributed by atoms with van der Waals surface area (Å²) in [5.41, 5.74) is 0. The summed E-state index contributed by atoms with van der Waals surface area (Å²) in [5, 5.41) is 11.3. The van der Waals surface area contributed by atoms with E-state index in [2.05, 4.69) is 5.32 Å². The number of amides is 1. The lowest BCUT2D eigenvalue weighted by Gasteiger charge is -2.17. The second kappa shape index (κ2) is 5.70. The predicted octanol–water partition coefficient (Wildman–Crippen LogP) is 0.535. The Morgan fingerprint density at radius 3 is 2.80 bits per heavy atom. The van der Waals surface area contributed by atoms with Crippen molar-refractivity contribution in [3.8, 4) is 0 Å². The Balaban J connectivity index is 2.36. The molecule has 1 saturated heterocycles. The van der Waals surface area contributed by atoms with Gasteiger partial charge in [0.15, 0.2) is 0 Å². The Labute approximate surface area is 88.8 Å². The minimum atomic E-state index is -0.894. The fourth-order valence-electron chi connectivity index (χ4n) is 1.59. The molecule has 1 aliphatic heterocycles. The molecule has 2 atom stereocenters. The molecule has 1 rings (SSSR count). The van der Waals surface area contributed by atoms with Crippen LogP contribution in [0.5, 0.6) is 0 Å². The first-order valence-electron chi connectivity index (χ1n) is 5.27. The lowest BCUT2D eigenvalue weighted by Crippen LogP contribution is -2.41. The van der Waals surface area contributed by atoms with Crippen LogP contribution in [0, 0.1) is 0 Å². The Morgan fingerprint density at radius 2 is 2.33 bits per heavy atom. The summed E-state index contributed by atoms with van der Waals surface area (Å²) in [6.07, 6.45) is 1.83. The molecule has 0 bridgehead atoms. The smallest absolute Gasteiger partial charge is 0.305 e. The molecule has 0 saturated carbocycles. The maximum Gasteiger partial charge on any atom is 0.305 e. The average molecular weight is 215 g/mol. The van der Waals surface area contributed by atoms with Gasteiger partial charge in [0.1, 0.15) is 6.10 Å². The lowest BCUT2D eigenvalue weighted by molar-refractivity contribution is -0.138. The third-order valence-corrected chi connectivity index (χ3v) is 2.48. The van der Waals surface area contributed by atoms with Gasteiger partial charge < -0.3 is 15.2 Å². The fraction of sp³-hybridized carbons (Fsp3) is 0.800. The van der Waals surface area contributed by atoms with Gasteiger partial charge in [0.05, 0.1) is 6.42 Å². The SMILES string of the molecule is CCC(CC(=O)O)NC(=O)[C@H]1CCCO1. The minimum Gasteiger partial charge on any atom is -0.481 e. The van der Waals surface area contributed by atoms with Crippen LogP contribution in [0.3, 0.4) is 0 Å². The highest BCUT2D eigenvalue weighted by molar-refractivity contribution is 5.81. The first kappa shape index (κ1) is 12.0. The molecule has 15 heavy (non-hydrogen) atoms. The number of carbonyl (C=O) groups excluding carboxylic acids is 1. The van der Waals surface area contributed by atoms with Gasteiger partial charge in [-0.1, -0.05) is 6.92 Å². The molecule has 1 aliphatic rings. The van der Waals surface area contributed by atoms with Gasteiger partial charge in [-0.2, -0.15) is 0 Å². The monoisotopic (exact) mass is 215 g/mol. The maximum absolute atomic E-state index is 11.6. The highest BCUT2D eigenvalue weighted by Gasteiger charge is 2.25. The summed E-state index contributed by atoms with van der Waals surface area (Å²) in [6.45, 7) is 2.47. The molecule has 0 radical (unpaired) electrons. The van der Waals surface area contributed by atoms with Crippen LogP contribution in [0.1, 0.15) is 32.6 Å². The van der Waals surface area contributed by atoms with Crippen molar-refractivity contribution < 1.29 is 19.4 Å². The van der Waals surface area contributed by atoms with E-state index in [0.717, 1.165) is 12.8 Å². The van der Waals surface area contributed by atoms with Crippen LogP contribution in [-0.4, -0.2) is 35.7 Å². The summed E-state index contributed by atoms with van der Waals surface area (Å²) in [5.74, 6) is -1.07. The van der Waals surface area contributed by atoms with E-state index in [0.29, 0.717) is 13.0 Å². The van der Waals surface area contributed by atoms with E-state index in [1.807, 2.05) is 6.92 Å². The minimum absolute atomic E-state index is 0.0328. The molecule has 2 N–H and O–H groups in total.